The summed E-state index contributed by atoms with van der Waals surface area (Å²) in [6, 6.07) is 0. The van der Waals surface area contributed by atoms with Crippen molar-refractivity contribution in [3.63, 3.8) is 0 Å². The lowest BCUT2D eigenvalue weighted by Crippen LogP contribution is -2.11. The van der Waals surface area contributed by atoms with E-state index in [1.54, 1.807) is 4.68 Å². The Kier molecular flexibility index (Phi) is 5.31. The maximum absolute atomic E-state index is 11.1. The van der Waals surface area contributed by atoms with Gasteiger partial charge in [-0.3, -0.25) is 0 Å². The molecule has 0 saturated carbocycles. The van der Waals surface area contributed by atoms with Gasteiger partial charge in [0.1, 0.15) is 0 Å². The van der Waals surface area contributed by atoms with Crippen LogP contribution in [0.5, 0.6) is 0 Å². The van der Waals surface area contributed by atoms with Gasteiger partial charge in [-0.15, -0.1) is 5.10 Å². The zero-order valence-corrected chi connectivity index (χ0v) is 11.7. The summed E-state index contributed by atoms with van der Waals surface area (Å²) in [6.07, 6.45) is 2.66. The molecule has 0 spiro atoms. The number of carboxylic acids is 1. The van der Waals surface area contributed by atoms with E-state index in [9.17, 15) is 4.79 Å². The molecule has 1 aromatic heterocycles. The van der Waals surface area contributed by atoms with Crippen LogP contribution in [0.1, 0.15) is 56.7 Å². The molecular weight excluding hydrogens is 230 g/mol. The third-order valence-electron chi connectivity index (χ3n) is 2.92. The first-order valence-corrected chi connectivity index (χ1v) is 6.57. The summed E-state index contributed by atoms with van der Waals surface area (Å²) < 4.78 is 1.76. The monoisotopic (exact) mass is 253 g/mol. The molecule has 5 heteroatoms. The average molecular weight is 253 g/mol. The molecule has 1 aromatic rings. The molecule has 18 heavy (non-hydrogen) atoms. The molecule has 102 valence electrons. The summed E-state index contributed by atoms with van der Waals surface area (Å²) in [6.45, 7) is 9.28. The maximum Gasteiger partial charge on any atom is 0.358 e. The van der Waals surface area contributed by atoms with Crippen LogP contribution in [0, 0.1) is 11.8 Å². The summed E-state index contributed by atoms with van der Waals surface area (Å²) >= 11 is 0. The second-order valence-electron chi connectivity index (χ2n) is 5.53. The van der Waals surface area contributed by atoms with Gasteiger partial charge in [0.2, 0.25) is 0 Å². The number of hydrogen-bond donors (Lipinski definition) is 1. The molecule has 0 aromatic carbocycles. The van der Waals surface area contributed by atoms with Gasteiger partial charge in [-0.05, 0) is 31.1 Å². The van der Waals surface area contributed by atoms with Gasteiger partial charge in [-0.25, -0.2) is 9.48 Å². The zero-order valence-electron chi connectivity index (χ0n) is 11.7. The maximum atomic E-state index is 11.1. The normalized spacial score (nSPS) is 11.4. The van der Waals surface area contributed by atoms with Gasteiger partial charge in [0.15, 0.2) is 5.69 Å². The van der Waals surface area contributed by atoms with Crippen molar-refractivity contribution in [3.05, 3.63) is 11.4 Å². The van der Waals surface area contributed by atoms with Crippen LogP contribution in [-0.4, -0.2) is 26.1 Å². The largest absolute Gasteiger partial charge is 0.476 e. The van der Waals surface area contributed by atoms with E-state index in [0.29, 0.717) is 11.8 Å². The summed E-state index contributed by atoms with van der Waals surface area (Å²) in [5, 5.41) is 16.9. The van der Waals surface area contributed by atoms with Crippen LogP contribution in [0.15, 0.2) is 0 Å². The molecule has 0 saturated heterocycles. The van der Waals surface area contributed by atoms with Crippen LogP contribution in [-0.2, 0) is 13.0 Å². The van der Waals surface area contributed by atoms with Crippen LogP contribution < -0.4 is 0 Å². The first-order chi connectivity index (χ1) is 8.41. The van der Waals surface area contributed by atoms with Crippen molar-refractivity contribution in [1.82, 2.24) is 15.0 Å². The molecule has 0 aliphatic heterocycles. The van der Waals surface area contributed by atoms with Gasteiger partial charge >= 0.3 is 5.97 Å². The number of carbonyl (C=O) groups is 1. The van der Waals surface area contributed by atoms with Gasteiger partial charge in [-0.2, -0.15) is 0 Å². The molecule has 5 nitrogen and oxygen atoms in total. The average Bonchev–Trinajstić information content (AvgIpc) is 2.66. The summed E-state index contributed by atoms with van der Waals surface area (Å²) in [4.78, 5) is 11.1. The standard InChI is InChI=1S/C13H23N3O2/c1-9(2)5-6-11-12(13(17)18)14-15-16(11)8-7-10(3)4/h9-10H,5-8H2,1-4H3,(H,17,18). The molecule has 0 atom stereocenters. The Balaban J connectivity index is 2.85. The van der Waals surface area contributed by atoms with Crippen molar-refractivity contribution < 1.29 is 9.90 Å². The highest BCUT2D eigenvalue weighted by Gasteiger charge is 2.18. The van der Waals surface area contributed by atoms with Crippen molar-refractivity contribution in [3.8, 4) is 0 Å². The van der Waals surface area contributed by atoms with Crippen molar-refractivity contribution in [2.24, 2.45) is 11.8 Å². The number of carboxylic acid groups (broad SMARTS) is 1. The van der Waals surface area contributed by atoms with E-state index in [0.717, 1.165) is 31.5 Å². The Morgan fingerprint density at radius 2 is 1.83 bits per heavy atom. The number of aromatic carboxylic acids is 1. The highest BCUT2D eigenvalue weighted by molar-refractivity contribution is 5.86. The smallest absolute Gasteiger partial charge is 0.358 e. The summed E-state index contributed by atoms with van der Waals surface area (Å²) in [7, 11) is 0. The number of aryl methyl sites for hydroxylation is 1. The van der Waals surface area contributed by atoms with E-state index < -0.39 is 5.97 Å². The molecule has 0 unspecified atom stereocenters. The van der Waals surface area contributed by atoms with Gasteiger partial charge < -0.3 is 5.11 Å². The predicted molar refractivity (Wildman–Crippen MR) is 69.6 cm³/mol. The van der Waals surface area contributed by atoms with Crippen LogP contribution in [0.2, 0.25) is 0 Å². The quantitative estimate of drug-likeness (QED) is 0.811. The van der Waals surface area contributed by atoms with Crippen LogP contribution in [0.3, 0.4) is 0 Å². The van der Waals surface area contributed by atoms with E-state index in [-0.39, 0.29) is 5.69 Å². The molecular formula is C13H23N3O2. The molecule has 1 heterocycles. The summed E-state index contributed by atoms with van der Waals surface area (Å²) in [5.74, 6) is 0.130. The third-order valence-corrected chi connectivity index (χ3v) is 2.92. The second-order valence-corrected chi connectivity index (χ2v) is 5.53. The van der Waals surface area contributed by atoms with E-state index in [1.165, 1.54) is 0 Å². The topological polar surface area (TPSA) is 68.0 Å². The number of rotatable bonds is 7. The number of aromatic nitrogens is 3. The Morgan fingerprint density at radius 3 is 2.33 bits per heavy atom. The van der Waals surface area contributed by atoms with E-state index in [1.807, 2.05) is 0 Å². The van der Waals surface area contributed by atoms with Crippen molar-refractivity contribution in [2.45, 2.75) is 53.5 Å². The SMILES string of the molecule is CC(C)CCc1c(C(=O)O)nnn1CCC(C)C. The van der Waals surface area contributed by atoms with Crippen molar-refractivity contribution >= 4 is 5.97 Å². The molecule has 0 radical (unpaired) electrons. The Morgan fingerprint density at radius 1 is 1.22 bits per heavy atom. The lowest BCUT2D eigenvalue weighted by molar-refractivity contribution is 0.0689. The van der Waals surface area contributed by atoms with Gasteiger partial charge in [0.05, 0.1) is 5.69 Å². The van der Waals surface area contributed by atoms with Crippen molar-refractivity contribution in [2.75, 3.05) is 0 Å². The van der Waals surface area contributed by atoms with Gasteiger partial charge in [0, 0.05) is 6.54 Å². The second kappa shape index (κ2) is 6.52. The molecule has 1 rings (SSSR count). The molecule has 0 aliphatic carbocycles. The minimum absolute atomic E-state index is 0.111. The molecule has 0 aliphatic rings. The lowest BCUT2D eigenvalue weighted by Gasteiger charge is -2.10. The molecule has 0 bridgehead atoms. The molecule has 1 N–H and O–H groups in total. The summed E-state index contributed by atoms with van der Waals surface area (Å²) in [5.41, 5.74) is 0.872. The van der Waals surface area contributed by atoms with Gasteiger partial charge in [-0.1, -0.05) is 32.9 Å². The fourth-order valence-corrected chi connectivity index (χ4v) is 1.73. The fourth-order valence-electron chi connectivity index (χ4n) is 1.73. The predicted octanol–water partition coefficient (Wildman–Crippen LogP) is 2.61. The Bertz CT molecular complexity index is 397. The van der Waals surface area contributed by atoms with E-state index in [4.69, 9.17) is 5.11 Å². The first-order valence-electron chi connectivity index (χ1n) is 6.57. The fraction of sp³-hybridized carbons (Fsp3) is 0.769. The van der Waals surface area contributed by atoms with Crippen molar-refractivity contribution in [1.29, 1.82) is 0 Å². The molecule has 0 fully saturated rings. The first kappa shape index (κ1) is 14.7. The number of hydrogen-bond acceptors (Lipinski definition) is 3. The number of nitrogens with zero attached hydrogens (tertiary/aromatic N) is 3. The molecule has 0 amide bonds. The highest BCUT2D eigenvalue weighted by atomic mass is 16.4. The minimum Gasteiger partial charge on any atom is -0.476 e. The lowest BCUT2D eigenvalue weighted by atomic mass is 10.0. The Labute approximate surface area is 108 Å². The van der Waals surface area contributed by atoms with Crippen LogP contribution in [0.4, 0.5) is 0 Å². The highest BCUT2D eigenvalue weighted by Crippen LogP contribution is 2.14. The Hall–Kier alpha value is -1.39. The zero-order chi connectivity index (χ0) is 13.7. The van der Waals surface area contributed by atoms with Crippen LogP contribution in [0.25, 0.3) is 0 Å². The van der Waals surface area contributed by atoms with Crippen LogP contribution >= 0.6 is 0 Å². The van der Waals surface area contributed by atoms with E-state index >= 15 is 0 Å². The van der Waals surface area contributed by atoms with Gasteiger partial charge in [0.25, 0.3) is 0 Å². The van der Waals surface area contributed by atoms with E-state index in [2.05, 4.69) is 38.0 Å². The third kappa shape index (κ3) is 4.13. The minimum atomic E-state index is -0.982.